The van der Waals surface area contributed by atoms with Crippen LogP contribution in [0.15, 0.2) is 35.4 Å². The molecule has 0 unspecified atom stereocenters. The molecule has 1 heterocycles. The number of Topliss-reactive ketones (excluding diaryl/α,β-unsaturated/α-hetero) is 2. The highest BCUT2D eigenvalue weighted by Crippen LogP contribution is 2.31. The minimum atomic E-state index is -0.883. The molecule has 0 radical (unpaired) electrons. The number of azide groups is 1. The van der Waals surface area contributed by atoms with Gasteiger partial charge in [0.25, 0.3) is 0 Å². The van der Waals surface area contributed by atoms with Crippen molar-refractivity contribution in [3.63, 3.8) is 0 Å². The number of hydrogen-bond acceptors (Lipinski definition) is 8. The minimum absolute atomic E-state index is 0.0235. The van der Waals surface area contributed by atoms with E-state index in [2.05, 4.69) is 22.2 Å². The molecule has 0 aromatic heterocycles. The van der Waals surface area contributed by atoms with Crippen molar-refractivity contribution in [2.75, 3.05) is 41.9 Å². The Balaban J connectivity index is 2.27. The Morgan fingerprint density at radius 3 is 2.17 bits per heavy atom. The lowest BCUT2D eigenvalue weighted by Crippen LogP contribution is -2.54. The average molecular weight is 727 g/mol. The normalized spacial score (nSPS) is 19.2. The first-order valence-corrected chi connectivity index (χ1v) is 19.1. The van der Waals surface area contributed by atoms with E-state index in [1.807, 2.05) is 76.7 Å². The molecule has 12 heteroatoms. The SMILES string of the molecule is CC[C@H](C)[C@@H]([C@@H](CC(=O)N1CCC[C@H]1[C@H](OC)[C@@H](C)C(=O)CCCc1ccccc1)OC)N(C)C(=O)[C@@H](CC(=O)[C@H](C(C)C)N(C)C)[C@H](C)N=[N+]=[N-]. The average Bonchev–Trinajstić information content (AvgIpc) is 3.59. The van der Waals surface area contributed by atoms with Crippen molar-refractivity contribution in [3.8, 4) is 0 Å². The van der Waals surface area contributed by atoms with Gasteiger partial charge in [-0.25, -0.2) is 0 Å². The summed E-state index contributed by atoms with van der Waals surface area (Å²) in [5.41, 5.74) is 10.5. The number of aryl methyl sites for hydroxylation is 1. The second-order valence-corrected chi connectivity index (χ2v) is 15.3. The van der Waals surface area contributed by atoms with E-state index >= 15 is 0 Å². The lowest BCUT2D eigenvalue weighted by Gasteiger charge is -2.41. The summed E-state index contributed by atoms with van der Waals surface area (Å²) in [6, 6.07) is 8.21. The third kappa shape index (κ3) is 12.1. The van der Waals surface area contributed by atoms with Crippen molar-refractivity contribution < 1.29 is 28.7 Å². The highest BCUT2D eigenvalue weighted by atomic mass is 16.5. The summed E-state index contributed by atoms with van der Waals surface area (Å²) in [5.74, 6) is -1.71. The van der Waals surface area contributed by atoms with E-state index in [4.69, 9.17) is 9.47 Å². The van der Waals surface area contributed by atoms with Crippen LogP contribution in [0.2, 0.25) is 0 Å². The molecule has 292 valence electrons. The van der Waals surface area contributed by atoms with E-state index in [0.717, 1.165) is 25.7 Å². The van der Waals surface area contributed by atoms with Crippen LogP contribution in [0.3, 0.4) is 0 Å². The molecule has 0 saturated carbocycles. The Bertz CT molecular complexity index is 1330. The van der Waals surface area contributed by atoms with Crippen LogP contribution >= 0.6 is 0 Å². The molecule has 0 aliphatic carbocycles. The molecule has 0 N–H and O–H groups in total. The number of rotatable bonds is 23. The summed E-state index contributed by atoms with van der Waals surface area (Å²) in [4.78, 5) is 63.7. The van der Waals surface area contributed by atoms with Gasteiger partial charge in [0.1, 0.15) is 5.78 Å². The molecule has 2 rings (SSSR count). The number of amides is 2. The first-order valence-electron chi connectivity index (χ1n) is 19.1. The Labute approximate surface area is 312 Å². The molecule has 0 spiro atoms. The smallest absolute Gasteiger partial charge is 0.226 e. The number of benzene rings is 1. The monoisotopic (exact) mass is 727 g/mol. The Hall–Kier alpha value is -3.31. The zero-order valence-corrected chi connectivity index (χ0v) is 33.7. The summed E-state index contributed by atoms with van der Waals surface area (Å²) >= 11 is 0. The van der Waals surface area contributed by atoms with Crippen molar-refractivity contribution >= 4 is 23.4 Å². The third-order valence-corrected chi connectivity index (χ3v) is 11.2. The van der Waals surface area contributed by atoms with Crippen molar-refractivity contribution in [1.82, 2.24) is 14.7 Å². The number of ketones is 2. The zero-order valence-electron chi connectivity index (χ0n) is 33.7. The largest absolute Gasteiger partial charge is 0.379 e. The van der Waals surface area contributed by atoms with E-state index in [-0.39, 0.29) is 60.0 Å². The van der Waals surface area contributed by atoms with Gasteiger partial charge in [0, 0.05) is 57.5 Å². The van der Waals surface area contributed by atoms with Gasteiger partial charge in [-0.1, -0.05) is 83.4 Å². The van der Waals surface area contributed by atoms with E-state index in [0.29, 0.717) is 19.4 Å². The Morgan fingerprint density at radius 1 is 0.981 bits per heavy atom. The first-order chi connectivity index (χ1) is 24.6. The van der Waals surface area contributed by atoms with Crippen LogP contribution in [0, 0.1) is 23.7 Å². The van der Waals surface area contributed by atoms with Gasteiger partial charge in [0.2, 0.25) is 11.8 Å². The number of nitrogens with zero attached hydrogens (tertiary/aromatic N) is 6. The van der Waals surface area contributed by atoms with Crippen LogP contribution in [-0.4, -0.2) is 116 Å². The van der Waals surface area contributed by atoms with Gasteiger partial charge in [-0.15, -0.1) is 0 Å². The lowest BCUT2D eigenvalue weighted by molar-refractivity contribution is -0.148. The summed E-state index contributed by atoms with van der Waals surface area (Å²) in [6.45, 7) is 12.1. The van der Waals surface area contributed by atoms with E-state index in [1.54, 1.807) is 33.1 Å². The van der Waals surface area contributed by atoms with Crippen LogP contribution in [0.25, 0.3) is 10.4 Å². The lowest BCUT2D eigenvalue weighted by atomic mass is 9.85. The standard InChI is InChI=1S/C40H66N6O6/c1-12-27(4)38(45(9)40(50)31(29(6)42-43-41)24-34(48)37(26(2)3)44(7)8)35(51-10)25-36(49)46-23-17-21-32(46)39(52-11)28(5)33(47)22-16-20-30-18-14-13-15-19-30/h13-15,18-19,26-29,31-32,35,37-39H,12,16-17,20-25H2,1-11H3/t27-,28-,29-,31-,32-,35+,37-,38-,39+/m0/s1. The number of likely N-dealkylation sites (N-methyl/N-ethyl adjacent to an activating group) is 2. The van der Waals surface area contributed by atoms with Gasteiger partial charge in [-0.3, -0.25) is 24.1 Å². The molecular weight excluding hydrogens is 660 g/mol. The highest BCUT2D eigenvalue weighted by molar-refractivity contribution is 5.90. The van der Waals surface area contributed by atoms with Crippen molar-refractivity contribution in [2.24, 2.45) is 28.8 Å². The van der Waals surface area contributed by atoms with Gasteiger partial charge in [-0.05, 0) is 62.7 Å². The molecule has 1 aliphatic heterocycles. The molecule has 1 fully saturated rings. The molecule has 9 atom stereocenters. The van der Waals surface area contributed by atoms with E-state index in [9.17, 15) is 24.7 Å². The number of hydrogen-bond donors (Lipinski definition) is 0. The predicted molar refractivity (Wildman–Crippen MR) is 205 cm³/mol. The Kier molecular flexibility index (Phi) is 19.0. The minimum Gasteiger partial charge on any atom is -0.379 e. The van der Waals surface area contributed by atoms with Crippen LogP contribution < -0.4 is 0 Å². The molecule has 1 aromatic rings. The maximum absolute atomic E-state index is 14.3. The molecule has 1 aromatic carbocycles. The highest BCUT2D eigenvalue weighted by Gasteiger charge is 2.43. The topological polar surface area (TPSA) is 145 Å². The fourth-order valence-corrected chi connectivity index (χ4v) is 8.16. The second kappa shape index (κ2) is 22.0. The molecule has 52 heavy (non-hydrogen) atoms. The van der Waals surface area contributed by atoms with Crippen LogP contribution in [0.4, 0.5) is 0 Å². The summed E-state index contributed by atoms with van der Waals surface area (Å²) in [5, 5.41) is 3.85. The summed E-state index contributed by atoms with van der Waals surface area (Å²) in [7, 11) is 8.53. The van der Waals surface area contributed by atoms with Crippen molar-refractivity contribution in [1.29, 1.82) is 0 Å². The maximum atomic E-state index is 14.3. The number of carbonyl (C=O) groups is 4. The molecule has 12 nitrogen and oxygen atoms in total. The fraction of sp³-hybridized carbons (Fsp3) is 0.750. The van der Waals surface area contributed by atoms with Crippen LogP contribution in [0.1, 0.15) is 92.1 Å². The Morgan fingerprint density at radius 2 is 1.63 bits per heavy atom. The molecule has 1 aliphatic rings. The number of likely N-dealkylation sites (tertiary alicyclic amines) is 1. The van der Waals surface area contributed by atoms with Gasteiger partial charge >= 0.3 is 0 Å². The number of methoxy groups -OCH3 is 2. The molecule has 0 bridgehead atoms. The molecular formula is C40H66N6O6. The predicted octanol–water partition coefficient (Wildman–Crippen LogP) is 6.36. The maximum Gasteiger partial charge on any atom is 0.226 e. The van der Waals surface area contributed by atoms with E-state index < -0.39 is 36.3 Å². The van der Waals surface area contributed by atoms with Crippen molar-refractivity contribution in [3.05, 3.63) is 46.3 Å². The van der Waals surface area contributed by atoms with Gasteiger partial charge < -0.3 is 19.3 Å². The van der Waals surface area contributed by atoms with Crippen molar-refractivity contribution in [2.45, 2.75) is 129 Å². The molecule has 2 amide bonds. The van der Waals surface area contributed by atoms with Crippen LogP contribution in [0.5, 0.6) is 0 Å². The number of carbonyl (C=O) groups excluding carboxylic acids is 4. The summed E-state index contributed by atoms with van der Waals surface area (Å²) in [6.07, 6.45) is 3.12. The van der Waals surface area contributed by atoms with E-state index in [1.165, 1.54) is 5.56 Å². The number of ether oxygens (including phenoxy) is 2. The third-order valence-electron chi connectivity index (χ3n) is 11.2. The molecule has 1 saturated heterocycles. The van der Waals surface area contributed by atoms with Gasteiger partial charge in [0.05, 0.1) is 42.7 Å². The van der Waals surface area contributed by atoms with Gasteiger partial charge in [-0.2, -0.15) is 0 Å². The fourth-order valence-electron chi connectivity index (χ4n) is 8.16. The van der Waals surface area contributed by atoms with Gasteiger partial charge in [0.15, 0.2) is 5.78 Å². The summed E-state index contributed by atoms with van der Waals surface area (Å²) < 4.78 is 12.0. The van der Waals surface area contributed by atoms with Crippen LogP contribution in [-0.2, 0) is 35.1 Å². The first kappa shape index (κ1) is 44.8. The second-order valence-electron chi connectivity index (χ2n) is 15.3. The quantitative estimate of drug-likeness (QED) is 0.0725. The zero-order chi connectivity index (χ0) is 39.1.